The van der Waals surface area contributed by atoms with Crippen LogP contribution in [0.3, 0.4) is 0 Å². The van der Waals surface area contributed by atoms with Crippen molar-refractivity contribution in [1.82, 2.24) is 29.4 Å². The number of H-pyrrole nitrogens is 1. The molecule has 0 atom stereocenters. The van der Waals surface area contributed by atoms with E-state index in [-0.39, 0.29) is 11.8 Å². The quantitative estimate of drug-likeness (QED) is 0.756. The first-order valence-electron chi connectivity index (χ1n) is 8.16. The highest BCUT2D eigenvalue weighted by Gasteiger charge is 2.23. The zero-order valence-electron chi connectivity index (χ0n) is 13.8. The predicted molar refractivity (Wildman–Crippen MR) is 90.9 cm³/mol. The van der Waals surface area contributed by atoms with Crippen LogP contribution in [0.5, 0.6) is 0 Å². The van der Waals surface area contributed by atoms with E-state index in [1.165, 1.54) is 0 Å². The minimum atomic E-state index is -0.0428. The van der Waals surface area contributed by atoms with Crippen LogP contribution in [0.4, 0.5) is 0 Å². The molecule has 2 amide bonds. The number of amides is 2. The van der Waals surface area contributed by atoms with Crippen molar-refractivity contribution in [3.05, 3.63) is 42.4 Å². The number of aromatic nitrogens is 4. The maximum absolute atomic E-state index is 12.8. The number of carbonyl (C=O) groups excluding carboxylic acids is 2. The summed E-state index contributed by atoms with van der Waals surface area (Å²) in [5.74, 6) is 0.695. The minimum Gasteiger partial charge on any atom is -0.367 e. The van der Waals surface area contributed by atoms with Crippen molar-refractivity contribution in [2.75, 3.05) is 26.2 Å². The number of hydrogen-bond donors (Lipinski definition) is 1. The van der Waals surface area contributed by atoms with Gasteiger partial charge in [-0.3, -0.25) is 14.0 Å². The molecule has 1 saturated heterocycles. The highest BCUT2D eigenvalue weighted by atomic mass is 16.2. The summed E-state index contributed by atoms with van der Waals surface area (Å²) in [5, 5.41) is 8.35. The Hall–Kier alpha value is -3.16. The van der Waals surface area contributed by atoms with Gasteiger partial charge in [0.05, 0.1) is 5.56 Å². The SMILES string of the molecule is CC(=O)N1CCN(C(=O)c2ccc3nnc(-c4cc[nH]c4)n3c2)CC1. The zero-order chi connectivity index (χ0) is 17.4. The fourth-order valence-corrected chi connectivity index (χ4v) is 3.08. The number of hydrogen-bond acceptors (Lipinski definition) is 4. The molecule has 1 fully saturated rings. The van der Waals surface area contributed by atoms with Crippen LogP contribution < -0.4 is 0 Å². The van der Waals surface area contributed by atoms with Gasteiger partial charge in [-0.25, -0.2) is 0 Å². The van der Waals surface area contributed by atoms with E-state index < -0.39 is 0 Å². The molecule has 3 aromatic rings. The lowest BCUT2D eigenvalue weighted by molar-refractivity contribution is -0.130. The summed E-state index contributed by atoms with van der Waals surface area (Å²) in [7, 11) is 0. The standard InChI is InChI=1S/C17H18N6O2/c1-12(24)21-6-8-22(9-7-21)17(25)14-2-3-15-19-20-16(23(15)11-14)13-4-5-18-10-13/h2-5,10-11,18H,6-9H2,1H3. The second-order valence-corrected chi connectivity index (χ2v) is 6.07. The van der Waals surface area contributed by atoms with Crippen molar-refractivity contribution in [1.29, 1.82) is 0 Å². The van der Waals surface area contributed by atoms with Gasteiger partial charge in [-0.1, -0.05) is 0 Å². The van der Waals surface area contributed by atoms with E-state index >= 15 is 0 Å². The number of rotatable bonds is 2. The van der Waals surface area contributed by atoms with Gasteiger partial charge in [0.1, 0.15) is 0 Å². The van der Waals surface area contributed by atoms with Crippen molar-refractivity contribution in [2.24, 2.45) is 0 Å². The van der Waals surface area contributed by atoms with Crippen molar-refractivity contribution >= 4 is 17.5 Å². The molecule has 3 aromatic heterocycles. The molecule has 1 aliphatic rings. The molecule has 1 aliphatic heterocycles. The molecular weight excluding hydrogens is 320 g/mol. The second-order valence-electron chi connectivity index (χ2n) is 6.07. The van der Waals surface area contributed by atoms with Crippen LogP contribution in [-0.2, 0) is 4.79 Å². The lowest BCUT2D eigenvalue weighted by Crippen LogP contribution is -2.50. The second kappa shape index (κ2) is 6.04. The topological polar surface area (TPSA) is 86.6 Å². The maximum Gasteiger partial charge on any atom is 0.255 e. The van der Waals surface area contributed by atoms with Gasteiger partial charge < -0.3 is 14.8 Å². The number of carbonyl (C=O) groups is 2. The summed E-state index contributed by atoms with van der Waals surface area (Å²) >= 11 is 0. The van der Waals surface area contributed by atoms with Gasteiger partial charge in [-0.2, -0.15) is 0 Å². The van der Waals surface area contributed by atoms with Crippen molar-refractivity contribution in [3.8, 4) is 11.4 Å². The smallest absolute Gasteiger partial charge is 0.255 e. The predicted octanol–water partition coefficient (Wildman–Crippen LogP) is 1.03. The average molecular weight is 338 g/mol. The number of aromatic amines is 1. The Morgan fingerprint density at radius 1 is 1.04 bits per heavy atom. The molecule has 8 nitrogen and oxygen atoms in total. The number of fused-ring (bicyclic) bond motifs is 1. The van der Waals surface area contributed by atoms with E-state index in [0.29, 0.717) is 43.2 Å². The van der Waals surface area contributed by atoms with E-state index in [0.717, 1.165) is 5.56 Å². The van der Waals surface area contributed by atoms with Gasteiger partial charge in [-0.05, 0) is 18.2 Å². The summed E-state index contributed by atoms with van der Waals surface area (Å²) in [6, 6.07) is 5.47. The highest BCUT2D eigenvalue weighted by molar-refractivity contribution is 5.94. The van der Waals surface area contributed by atoms with Crippen molar-refractivity contribution in [3.63, 3.8) is 0 Å². The summed E-state index contributed by atoms with van der Waals surface area (Å²) in [6.07, 6.45) is 5.43. The Bertz CT molecular complexity index is 922. The van der Waals surface area contributed by atoms with Gasteiger partial charge in [0, 0.05) is 57.3 Å². The van der Waals surface area contributed by atoms with Gasteiger partial charge in [0.15, 0.2) is 11.5 Å². The highest BCUT2D eigenvalue weighted by Crippen LogP contribution is 2.19. The van der Waals surface area contributed by atoms with E-state index in [2.05, 4.69) is 15.2 Å². The molecule has 4 heterocycles. The molecule has 25 heavy (non-hydrogen) atoms. The van der Waals surface area contributed by atoms with E-state index in [1.54, 1.807) is 35.1 Å². The van der Waals surface area contributed by atoms with E-state index in [9.17, 15) is 9.59 Å². The molecule has 0 unspecified atom stereocenters. The molecule has 4 rings (SSSR count). The Kier molecular flexibility index (Phi) is 3.72. The number of nitrogens with one attached hydrogen (secondary N) is 1. The number of nitrogens with zero attached hydrogens (tertiary/aromatic N) is 5. The Balaban J connectivity index is 1.60. The average Bonchev–Trinajstić information content (AvgIpc) is 3.29. The summed E-state index contributed by atoms with van der Waals surface area (Å²) in [4.78, 5) is 30.8. The van der Waals surface area contributed by atoms with Crippen LogP contribution in [-0.4, -0.2) is 67.4 Å². The minimum absolute atomic E-state index is 0.0428. The third-order valence-electron chi connectivity index (χ3n) is 4.52. The number of piperazine rings is 1. The maximum atomic E-state index is 12.8. The zero-order valence-corrected chi connectivity index (χ0v) is 13.8. The molecular formula is C17H18N6O2. The first-order valence-corrected chi connectivity index (χ1v) is 8.16. The van der Waals surface area contributed by atoms with E-state index in [4.69, 9.17) is 0 Å². The molecule has 0 spiro atoms. The fourth-order valence-electron chi connectivity index (χ4n) is 3.08. The molecule has 0 aromatic carbocycles. The molecule has 1 N–H and O–H groups in total. The third-order valence-corrected chi connectivity index (χ3v) is 4.52. The van der Waals surface area contributed by atoms with Crippen LogP contribution >= 0.6 is 0 Å². The van der Waals surface area contributed by atoms with Crippen molar-refractivity contribution in [2.45, 2.75) is 6.92 Å². The molecule has 0 radical (unpaired) electrons. The van der Waals surface area contributed by atoms with Crippen molar-refractivity contribution < 1.29 is 9.59 Å². The molecule has 0 bridgehead atoms. The lowest BCUT2D eigenvalue weighted by Gasteiger charge is -2.34. The summed E-state index contributed by atoms with van der Waals surface area (Å²) < 4.78 is 1.82. The summed E-state index contributed by atoms with van der Waals surface area (Å²) in [6.45, 7) is 3.79. The largest absolute Gasteiger partial charge is 0.367 e. The Morgan fingerprint density at radius 3 is 2.48 bits per heavy atom. The Morgan fingerprint density at radius 2 is 1.80 bits per heavy atom. The first kappa shape index (κ1) is 15.4. The van der Waals surface area contributed by atoms with Gasteiger partial charge in [-0.15, -0.1) is 10.2 Å². The first-order chi connectivity index (χ1) is 12.1. The van der Waals surface area contributed by atoms with Gasteiger partial charge >= 0.3 is 0 Å². The summed E-state index contributed by atoms with van der Waals surface area (Å²) in [5.41, 5.74) is 2.18. The Labute approximate surface area is 144 Å². The van der Waals surface area contributed by atoms with Crippen LogP contribution in [0.25, 0.3) is 17.0 Å². The van der Waals surface area contributed by atoms with Crippen LogP contribution in [0.2, 0.25) is 0 Å². The molecule has 128 valence electrons. The monoisotopic (exact) mass is 338 g/mol. The number of pyridine rings is 1. The van der Waals surface area contributed by atoms with E-state index in [1.807, 2.05) is 22.9 Å². The molecule has 0 aliphatic carbocycles. The third kappa shape index (κ3) is 2.75. The lowest BCUT2D eigenvalue weighted by atomic mass is 10.2. The van der Waals surface area contributed by atoms with Crippen LogP contribution in [0.1, 0.15) is 17.3 Å². The molecule has 0 saturated carbocycles. The van der Waals surface area contributed by atoms with Gasteiger partial charge in [0.25, 0.3) is 5.91 Å². The normalized spacial score (nSPS) is 14.9. The van der Waals surface area contributed by atoms with Gasteiger partial charge in [0.2, 0.25) is 5.91 Å². The van der Waals surface area contributed by atoms with Crippen LogP contribution in [0, 0.1) is 0 Å². The molecule has 8 heteroatoms. The van der Waals surface area contributed by atoms with Crippen LogP contribution in [0.15, 0.2) is 36.8 Å². The fraction of sp³-hybridized carbons (Fsp3) is 0.294.